The van der Waals surface area contributed by atoms with E-state index in [2.05, 4.69) is 10.4 Å². The van der Waals surface area contributed by atoms with Crippen molar-refractivity contribution < 1.29 is 9.47 Å². The van der Waals surface area contributed by atoms with Crippen molar-refractivity contribution in [2.75, 3.05) is 19.2 Å². The highest BCUT2D eigenvalue weighted by atomic mass is 16.5. The highest BCUT2D eigenvalue weighted by Crippen LogP contribution is 2.39. The smallest absolute Gasteiger partial charge is 0.145 e. The number of hydrogen-bond donors (Lipinski definition) is 1. The molecule has 1 aliphatic heterocycles. The average molecular weight is 269 g/mol. The number of fused-ring (bicyclic) bond motifs is 1. The SMILES string of the molecule is COc1ccc2c(OC)cccc2c1N1C=CN=CN1. The van der Waals surface area contributed by atoms with Gasteiger partial charge in [0.15, 0.2) is 0 Å². The molecule has 0 aromatic heterocycles. The number of nitrogens with one attached hydrogen (secondary N) is 1. The molecule has 0 radical (unpaired) electrons. The van der Waals surface area contributed by atoms with Crippen molar-refractivity contribution in [2.24, 2.45) is 4.99 Å². The van der Waals surface area contributed by atoms with Crippen molar-refractivity contribution in [1.82, 2.24) is 5.43 Å². The third kappa shape index (κ3) is 1.93. The molecule has 2 aromatic rings. The summed E-state index contributed by atoms with van der Waals surface area (Å²) in [6, 6.07) is 9.88. The van der Waals surface area contributed by atoms with E-state index in [0.717, 1.165) is 28.0 Å². The van der Waals surface area contributed by atoms with Crippen molar-refractivity contribution >= 4 is 22.8 Å². The van der Waals surface area contributed by atoms with Crippen LogP contribution in [0, 0.1) is 0 Å². The van der Waals surface area contributed by atoms with Crippen LogP contribution in [0.5, 0.6) is 11.5 Å². The first-order valence-electron chi connectivity index (χ1n) is 6.22. The molecule has 0 atom stereocenters. The number of rotatable bonds is 3. The molecule has 1 aliphatic rings. The number of aliphatic imine (C=N–C) groups is 1. The van der Waals surface area contributed by atoms with Gasteiger partial charge in [-0.3, -0.25) is 10.4 Å². The molecule has 20 heavy (non-hydrogen) atoms. The van der Waals surface area contributed by atoms with Crippen molar-refractivity contribution in [1.29, 1.82) is 0 Å². The minimum absolute atomic E-state index is 0.776. The van der Waals surface area contributed by atoms with Crippen molar-refractivity contribution in [2.45, 2.75) is 0 Å². The Kier molecular flexibility index (Phi) is 3.16. The second-order valence-corrected chi connectivity index (χ2v) is 4.25. The van der Waals surface area contributed by atoms with Crippen LogP contribution in [-0.4, -0.2) is 20.6 Å². The maximum absolute atomic E-state index is 5.48. The fraction of sp³-hybridized carbons (Fsp3) is 0.133. The van der Waals surface area contributed by atoms with Gasteiger partial charge in [0.2, 0.25) is 0 Å². The van der Waals surface area contributed by atoms with Crippen LogP contribution in [0.15, 0.2) is 47.7 Å². The number of anilines is 1. The third-order valence-corrected chi connectivity index (χ3v) is 3.21. The van der Waals surface area contributed by atoms with E-state index in [1.54, 1.807) is 26.8 Å². The van der Waals surface area contributed by atoms with Crippen molar-refractivity contribution in [3.05, 3.63) is 42.7 Å². The Morgan fingerprint density at radius 2 is 1.85 bits per heavy atom. The van der Waals surface area contributed by atoms with E-state index in [0.29, 0.717) is 0 Å². The highest BCUT2D eigenvalue weighted by Gasteiger charge is 2.16. The molecule has 102 valence electrons. The van der Waals surface area contributed by atoms with Crippen LogP contribution in [0.25, 0.3) is 10.8 Å². The summed E-state index contributed by atoms with van der Waals surface area (Å²) in [6.07, 6.45) is 5.18. The van der Waals surface area contributed by atoms with Gasteiger partial charge in [-0.2, -0.15) is 0 Å². The van der Waals surface area contributed by atoms with Crippen molar-refractivity contribution in [3.63, 3.8) is 0 Å². The molecule has 1 N–H and O–H groups in total. The topological polar surface area (TPSA) is 46.1 Å². The van der Waals surface area contributed by atoms with Crippen LogP contribution in [0.3, 0.4) is 0 Å². The molecule has 3 rings (SSSR count). The summed E-state index contributed by atoms with van der Waals surface area (Å²) in [4.78, 5) is 4.00. The van der Waals surface area contributed by atoms with Crippen molar-refractivity contribution in [3.8, 4) is 11.5 Å². The average Bonchev–Trinajstić information content (AvgIpc) is 2.53. The second kappa shape index (κ2) is 5.13. The van der Waals surface area contributed by atoms with Gasteiger partial charge in [-0.05, 0) is 18.2 Å². The van der Waals surface area contributed by atoms with Crippen LogP contribution < -0.4 is 19.9 Å². The van der Waals surface area contributed by atoms with E-state index in [-0.39, 0.29) is 0 Å². The molecule has 0 bridgehead atoms. The number of ether oxygens (including phenoxy) is 2. The molecule has 0 amide bonds. The standard InChI is InChI=1S/C15H15N3O2/c1-19-13-5-3-4-12-11(13)6-7-14(20-2)15(12)18-9-8-16-10-17-18/h3-10H,1-2H3,(H,16,17). The summed E-state index contributed by atoms with van der Waals surface area (Å²) < 4.78 is 10.9. The summed E-state index contributed by atoms with van der Waals surface area (Å²) in [5.41, 5.74) is 4.00. The van der Waals surface area contributed by atoms with E-state index in [1.807, 2.05) is 41.5 Å². The van der Waals surface area contributed by atoms with Gasteiger partial charge in [-0.25, -0.2) is 4.99 Å². The summed E-state index contributed by atoms with van der Waals surface area (Å²) in [5.74, 6) is 1.61. The van der Waals surface area contributed by atoms with Crippen LogP contribution in [0.1, 0.15) is 0 Å². The minimum Gasteiger partial charge on any atom is -0.496 e. The Balaban J connectivity index is 2.26. The zero-order valence-corrected chi connectivity index (χ0v) is 11.3. The number of benzene rings is 2. The molecule has 0 saturated heterocycles. The molecule has 0 saturated carbocycles. The molecular formula is C15H15N3O2. The van der Waals surface area contributed by atoms with Gasteiger partial charge in [0.05, 0.1) is 14.2 Å². The lowest BCUT2D eigenvalue weighted by Crippen LogP contribution is -2.34. The summed E-state index contributed by atoms with van der Waals surface area (Å²) in [5, 5.41) is 3.94. The Morgan fingerprint density at radius 1 is 1.00 bits per heavy atom. The van der Waals surface area contributed by atoms with Gasteiger partial charge >= 0.3 is 0 Å². The Hall–Kier alpha value is -2.69. The quantitative estimate of drug-likeness (QED) is 0.930. The third-order valence-electron chi connectivity index (χ3n) is 3.21. The maximum Gasteiger partial charge on any atom is 0.145 e. The second-order valence-electron chi connectivity index (χ2n) is 4.25. The number of hydrazine groups is 1. The fourth-order valence-electron chi connectivity index (χ4n) is 2.31. The monoisotopic (exact) mass is 269 g/mol. The first-order chi connectivity index (χ1) is 9.85. The van der Waals surface area contributed by atoms with Crippen LogP contribution in [-0.2, 0) is 0 Å². The molecule has 1 heterocycles. The fourth-order valence-corrected chi connectivity index (χ4v) is 2.31. The number of nitrogens with zero attached hydrogens (tertiary/aromatic N) is 2. The zero-order chi connectivity index (χ0) is 13.9. The molecule has 0 spiro atoms. The molecule has 5 nitrogen and oxygen atoms in total. The van der Waals surface area contributed by atoms with E-state index < -0.39 is 0 Å². The lowest BCUT2D eigenvalue weighted by molar-refractivity contribution is 0.414. The summed E-state index contributed by atoms with van der Waals surface area (Å²) >= 11 is 0. The molecular weight excluding hydrogens is 254 g/mol. The lowest BCUT2D eigenvalue weighted by Gasteiger charge is -2.25. The van der Waals surface area contributed by atoms with Crippen LogP contribution in [0.4, 0.5) is 5.69 Å². The normalized spacial score (nSPS) is 13.4. The van der Waals surface area contributed by atoms with Gasteiger partial charge in [-0.1, -0.05) is 12.1 Å². The predicted octanol–water partition coefficient (Wildman–Crippen LogP) is 2.68. The largest absolute Gasteiger partial charge is 0.496 e. The Bertz CT molecular complexity index is 695. The first-order valence-corrected chi connectivity index (χ1v) is 6.22. The van der Waals surface area contributed by atoms with E-state index >= 15 is 0 Å². The van der Waals surface area contributed by atoms with Gasteiger partial charge in [0, 0.05) is 23.2 Å². The Labute approximate surface area is 117 Å². The maximum atomic E-state index is 5.48. The number of hydrogen-bond acceptors (Lipinski definition) is 5. The minimum atomic E-state index is 0.776. The van der Waals surface area contributed by atoms with Gasteiger partial charge in [-0.15, -0.1) is 0 Å². The van der Waals surface area contributed by atoms with Gasteiger partial charge in [0.1, 0.15) is 23.5 Å². The summed E-state index contributed by atoms with van der Waals surface area (Å²) in [7, 11) is 3.33. The van der Waals surface area contributed by atoms with E-state index in [9.17, 15) is 0 Å². The molecule has 2 aromatic carbocycles. The molecule has 0 unspecified atom stereocenters. The number of methoxy groups -OCH3 is 2. The Morgan fingerprint density at radius 3 is 2.55 bits per heavy atom. The van der Waals surface area contributed by atoms with Gasteiger partial charge < -0.3 is 9.47 Å². The molecule has 0 aliphatic carbocycles. The molecule has 5 heteroatoms. The molecule has 0 fully saturated rings. The zero-order valence-electron chi connectivity index (χ0n) is 11.3. The summed E-state index contributed by atoms with van der Waals surface area (Å²) in [6.45, 7) is 0. The highest BCUT2D eigenvalue weighted by molar-refractivity contribution is 6.01. The lowest BCUT2D eigenvalue weighted by atomic mass is 10.1. The van der Waals surface area contributed by atoms with Crippen LogP contribution >= 0.6 is 0 Å². The van der Waals surface area contributed by atoms with E-state index in [1.165, 1.54) is 0 Å². The van der Waals surface area contributed by atoms with Crippen LogP contribution in [0.2, 0.25) is 0 Å². The predicted molar refractivity (Wildman–Crippen MR) is 80.3 cm³/mol. The first kappa shape index (κ1) is 12.3. The van der Waals surface area contributed by atoms with E-state index in [4.69, 9.17) is 9.47 Å². The van der Waals surface area contributed by atoms with Gasteiger partial charge in [0.25, 0.3) is 0 Å².